The topological polar surface area (TPSA) is 54.4 Å². The van der Waals surface area contributed by atoms with Crippen molar-refractivity contribution in [2.24, 2.45) is 0 Å². The molecule has 1 aromatic rings. The molecule has 0 aliphatic heterocycles. The van der Waals surface area contributed by atoms with Gasteiger partial charge in [0.25, 0.3) is 0 Å². The first-order valence-electron chi connectivity index (χ1n) is 3.92. The van der Waals surface area contributed by atoms with E-state index in [-0.39, 0.29) is 6.07 Å². The molecular weight excluding hydrogens is 232 g/mol. The lowest BCUT2D eigenvalue weighted by molar-refractivity contribution is -0.148. The third-order valence-electron chi connectivity index (χ3n) is 1.77. The molecule has 0 bridgehead atoms. The summed E-state index contributed by atoms with van der Waals surface area (Å²) in [6.07, 6.45) is -1.05. The lowest BCUT2D eigenvalue weighted by Gasteiger charge is -2.03. The van der Waals surface area contributed by atoms with Crippen molar-refractivity contribution in [3.63, 3.8) is 0 Å². The number of carboxylic acids is 1. The first kappa shape index (κ1) is 12.2. The molecule has 1 aromatic carbocycles. The van der Waals surface area contributed by atoms with Crippen molar-refractivity contribution < 1.29 is 32.3 Å². The van der Waals surface area contributed by atoms with Gasteiger partial charge in [0, 0.05) is 12.0 Å². The molecule has 3 nitrogen and oxygen atoms in total. The first-order chi connectivity index (χ1) is 7.34. The van der Waals surface area contributed by atoms with E-state index in [9.17, 15) is 27.2 Å². The fourth-order valence-corrected chi connectivity index (χ4v) is 0.999. The number of carboxylic acid groups (broad SMARTS) is 1. The summed E-state index contributed by atoms with van der Waals surface area (Å²) in [6, 6.07) is 0.245. The van der Waals surface area contributed by atoms with E-state index in [0.29, 0.717) is 0 Å². The summed E-state index contributed by atoms with van der Waals surface area (Å²) < 4.78 is 50.7. The molecule has 16 heavy (non-hydrogen) atoms. The van der Waals surface area contributed by atoms with Gasteiger partial charge in [0.05, 0.1) is 0 Å². The van der Waals surface area contributed by atoms with Gasteiger partial charge in [0.1, 0.15) is 0 Å². The smallest absolute Gasteiger partial charge is 0.372 e. The molecule has 0 unspecified atom stereocenters. The molecular formula is C9H4F4O3. The summed E-state index contributed by atoms with van der Waals surface area (Å²) in [5.74, 6) is -10.9. The zero-order chi connectivity index (χ0) is 12.5. The SMILES string of the molecule is O=C(O)C(=O)Cc1cc(F)c(F)c(F)c1F. The molecule has 1 N–H and O–H groups in total. The Hall–Kier alpha value is -1.92. The number of hydrogen-bond donors (Lipinski definition) is 1. The summed E-state index contributed by atoms with van der Waals surface area (Å²) in [5.41, 5.74) is -0.844. The lowest BCUT2D eigenvalue weighted by Crippen LogP contribution is -2.17. The Morgan fingerprint density at radius 1 is 1.06 bits per heavy atom. The van der Waals surface area contributed by atoms with Gasteiger partial charge in [0.15, 0.2) is 23.3 Å². The largest absolute Gasteiger partial charge is 0.475 e. The minimum Gasteiger partial charge on any atom is -0.475 e. The minimum atomic E-state index is -2.08. The van der Waals surface area contributed by atoms with Crippen LogP contribution in [0.2, 0.25) is 0 Å². The molecule has 0 radical (unpaired) electrons. The zero-order valence-electron chi connectivity index (χ0n) is 7.56. The van der Waals surface area contributed by atoms with E-state index in [2.05, 4.69) is 0 Å². The highest BCUT2D eigenvalue weighted by Gasteiger charge is 2.22. The highest BCUT2D eigenvalue weighted by atomic mass is 19.2. The van der Waals surface area contributed by atoms with E-state index >= 15 is 0 Å². The highest BCUT2D eigenvalue weighted by molar-refractivity contribution is 6.33. The predicted molar refractivity (Wildman–Crippen MR) is 42.6 cm³/mol. The van der Waals surface area contributed by atoms with Crippen LogP contribution in [0.25, 0.3) is 0 Å². The molecule has 86 valence electrons. The maximum atomic E-state index is 12.9. The third kappa shape index (κ3) is 2.18. The van der Waals surface area contributed by atoms with Crippen molar-refractivity contribution in [1.29, 1.82) is 0 Å². The van der Waals surface area contributed by atoms with Gasteiger partial charge < -0.3 is 5.11 Å². The molecule has 0 fully saturated rings. The van der Waals surface area contributed by atoms with Crippen LogP contribution in [0.15, 0.2) is 6.07 Å². The Morgan fingerprint density at radius 3 is 2.12 bits per heavy atom. The van der Waals surface area contributed by atoms with Gasteiger partial charge in [-0.15, -0.1) is 0 Å². The normalized spacial score (nSPS) is 10.2. The monoisotopic (exact) mass is 236 g/mol. The van der Waals surface area contributed by atoms with Crippen molar-refractivity contribution >= 4 is 11.8 Å². The number of Topliss-reactive ketones (excluding diaryl/α,β-unsaturated/α-hetero) is 1. The van der Waals surface area contributed by atoms with Crippen LogP contribution in [0.3, 0.4) is 0 Å². The molecule has 0 heterocycles. The van der Waals surface area contributed by atoms with Gasteiger partial charge in [-0.25, -0.2) is 22.4 Å². The Kier molecular flexibility index (Phi) is 3.26. The lowest BCUT2D eigenvalue weighted by atomic mass is 10.1. The number of halogens is 4. The van der Waals surface area contributed by atoms with Crippen LogP contribution >= 0.6 is 0 Å². The van der Waals surface area contributed by atoms with E-state index in [0.717, 1.165) is 0 Å². The number of carbonyl (C=O) groups excluding carboxylic acids is 1. The van der Waals surface area contributed by atoms with Gasteiger partial charge >= 0.3 is 5.97 Å². The van der Waals surface area contributed by atoms with Gasteiger partial charge in [-0.1, -0.05) is 0 Å². The van der Waals surface area contributed by atoms with Crippen molar-refractivity contribution in [3.8, 4) is 0 Å². The summed E-state index contributed by atoms with van der Waals surface area (Å²) in [4.78, 5) is 20.8. The Balaban J connectivity index is 3.16. The summed E-state index contributed by atoms with van der Waals surface area (Å²) in [6.45, 7) is 0. The molecule has 0 saturated heterocycles. The van der Waals surface area contributed by atoms with Crippen LogP contribution < -0.4 is 0 Å². The van der Waals surface area contributed by atoms with Crippen LogP contribution in [0.5, 0.6) is 0 Å². The summed E-state index contributed by atoms with van der Waals surface area (Å²) in [7, 11) is 0. The average Bonchev–Trinajstić information content (AvgIpc) is 2.22. The average molecular weight is 236 g/mol. The minimum absolute atomic E-state index is 0.245. The van der Waals surface area contributed by atoms with Gasteiger partial charge in [0.2, 0.25) is 5.78 Å². The van der Waals surface area contributed by atoms with Crippen molar-refractivity contribution in [1.82, 2.24) is 0 Å². The van der Waals surface area contributed by atoms with Gasteiger partial charge in [-0.2, -0.15) is 0 Å². The van der Waals surface area contributed by atoms with E-state index in [1.165, 1.54) is 0 Å². The van der Waals surface area contributed by atoms with E-state index in [1.54, 1.807) is 0 Å². The van der Waals surface area contributed by atoms with Crippen LogP contribution in [0.4, 0.5) is 17.6 Å². The van der Waals surface area contributed by atoms with Gasteiger partial charge in [-0.05, 0) is 6.07 Å². The predicted octanol–water partition coefficient (Wildman–Crippen LogP) is 1.44. The standard InChI is InChI=1S/C9H4F4O3/c10-4-1-3(2-5(14)9(15)16)6(11)8(13)7(4)12/h1H,2H2,(H,15,16). The second-order valence-corrected chi connectivity index (χ2v) is 2.86. The highest BCUT2D eigenvalue weighted by Crippen LogP contribution is 2.19. The number of aliphatic carboxylic acids is 1. The zero-order valence-corrected chi connectivity index (χ0v) is 7.56. The van der Waals surface area contributed by atoms with Crippen LogP contribution in [-0.2, 0) is 16.0 Å². The Morgan fingerprint density at radius 2 is 1.62 bits per heavy atom. The fraction of sp³-hybridized carbons (Fsp3) is 0.111. The molecule has 1 rings (SSSR count). The van der Waals surface area contributed by atoms with Gasteiger partial charge in [-0.3, -0.25) is 4.79 Å². The van der Waals surface area contributed by atoms with Crippen LogP contribution in [0, 0.1) is 23.3 Å². The number of carbonyl (C=O) groups is 2. The second kappa shape index (κ2) is 4.30. The van der Waals surface area contributed by atoms with Crippen LogP contribution in [-0.4, -0.2) is 16.9 Å². The van der Waals surface area contributed by atoms with Crippen molar-refractivity contribution in [2.75, 3.05) is 0 Å². The van der Waals surface area contributed by atoms with Crippen molar-refractivity contribution in [3.05, 3.63) is 34.9 Å². The molecule has 0 aliphatic carbocycles. The third-order valence-corrected chi connectivity index (χ3v) is 1.77. The number of benzene rings is 1. The van der Waals surface area contributed by atoms with E-state index in [4.69, 9.17) is 5.11 Å². The van der Waals surface area contributed by atoms with E-state index in [1.807, 2.05) is 0 Å². The fourth-order valence-electron chi connectivity index (χ4n) is 0.999. The second-order valence-electron chi connectivity index (χ2n) is 2.86. The maximum Gasteiger partial charge on any atom is 0.372 e. The molecule has 0 aliphatic rings. The number of rotatable bonds is 3. The summed E-state index contributed by atoms with van der Waals surface area (Å²) >= 11 is 0. The summed E-state index contributed by atoms with van der Waals surface area (Å²) in [5, 5.41) is 8.19. The molecule has 0 atom stereocenters. The molecule has 0 aromatic heterocycles. The Labute approximate surface area is 86.3 Å². The quantitative estimate of drug-likeness (QED) is 0.374. The molecule has 0 saturated carbocycles. The van der Waals surface area contributed by atoms with E-state index < -0.39 is 47.0 Å². The molecule has 7 heteroatoms. The Bertz CT molecular complexity index is 470. The number of ketones is 1. The first-order valence-corrected chi connectivity index (χ1v) is 3.92. The van der Waals surface area contributed by atoms with Crippen molar-refractivity contribution in [2.45, 2.75) is 6.42 Å². The number of hydrogen-bond acceptors (Lipinski definition) is 2. The van der Waals surface area contributed by atoms with Crippen LogP contribution in [0.1, 0.15) is 5.56 Å². The maximum absolute atomic E-state index is 12.9. The molecule has 0 spiro atoms. The molecule has 0 amide bonds.